The van der Waals surface area contributed by atoms with Crippen molar-refractivity contribution in [1.29, 1.82) is 0 Å². The lowest BCUT2D eigenvalue weighted by molar-refractivity contribution is 0.115. The van der Waals surface area contributed by atoms with E-state index in [0.29, 0.717) is 0 Å². The molecule has 1 heterocycles. The minimum absolute atomic E-state index is 0.127. The number of benzene rings is 1. The van der Waals surface area contributed by atoms with Gasteiger partial charge in [-0.3, -0.25) is 0 Å². The summed E-state index contributed by atoms with van der Waals surface area (Å²) in [5.74, 6) is 1.13. The predicted octanol–water partition coefficient (Wildman–Crippen LogP) is 2.38. The largest absolute Gasteiger partial charge is 0.391 e. The van der Waals surface area contributed by atoms with Crippen LogP contribution in [0.25, 0.3) is 0 Å². The lowest BCUT2D eigenvalue weighted by atomic mass is 9.90. The molecule has 0 saturated carbocycles. The Bertz CT molecular complexity index is 356. The summed E-state index contributed by atoms with van der Waals surface area (Å²) in [5.41, 5.74) is 2.68. The molecular weight excluding hydrogens is 230 g/mol. The van der Waals surface area contributed by atoms with Gasteiger partial charge >= 0.3 is 0 Å². The third kappa shape index (κ3) is 3.24. The predicted molar refractivity (Wildman–Crippen MR) is 74.5 cm³/mol. The Balaban J connectivity index is 2.02. The van der Waals surface area contributed by atoms with Gasteiger partial charge in [-0.25, -0.2) is 0 Å². The first kappa shape index (κ1) is 12.9. The highest BCUT2D eigenvalue weighted by molar-refractivity contribution is 7.98. The van der Waals surface area contributed by atoms with Crippen molar-refractivity contribution in [2.45, 2.75) is 31.4 Å². The van der Waals surface area contributed by atoms with Gasteiger partial charge in [0.15, 0.2) is 0 Å². The smallest absolute Gasteiger partial charge is 0.0735 e. The van der Waals surface area contributed by atoms with E-state index in [1.54, 1.807) is 0 Å². The van der Waals surface area contributed by atoms with Gasteiger partial charge in [-0.15, -0.1) is 0 Å². The number of thioether (sulfide) groups is 1. The molecule has 17 heavy (non-hydrogen) atoms. The van der Waals surface area contributed by atoms with Crippen molar-refractivity contribution in [1.82, 2.24) is 5.32 Å². The number of nitrogens with one attached hydrogen (secondary N) is 1. The summed E-state index contributed by atoms with van der Waals surface area (Å²) >= 11 is 1.84. The van der Waals surface area contributed by atoms with E-state index < -0.39 is 0 Å². The summed E-state index contributed by atoms with van der Waals surface area (Å²) in [6, 6.07) is 8.60. The molecule has 1 aromatic rings. The average molecular weight is 251 g/mol. The Labute approximate surface area is 108 Å². The van der Waals surface area contributed by atoms with Crippen LogP contribution < -0.4 is 5.32 Å². The molecule has 0 aromatic heterocycles. The van der Waals surface area contributed by atoms with Gasteiger partial charge in [-0.05, 0) is 48.9 Å². The van der Waals surface area contributed by atoms with Crippen molar-refractivity contribution in [2.75, 3.05) is 18.6 Å². The molecule has 2 N–H and O–H groups in total. The van der Waals surface area contributed by atoms with Crippen LogP contribution in [0.4, 0.5) is 0 Å². The normalized spacial score (nSPS) is 20.9. The molecule has 2 unspecified atom stereocenters. The lowest BCUT2D eigenvalue weighted by Crippen LogP contribution is -2.37. The van der Waals surface area contributed by atoms with E-state index >= 15 is 0 Å². The zero-order valence-corrected chi connectivity index (χ0v) is 11.2. The number of rotatable bonds is 5. The Morgan fingerprint density at radius 1 is 1.47 bits per heavy atom. The minimum Gasteiger partial charge on any atom is -0.391 e. The Kier molecular flexibility index (Phi) is 4.89. The Hall–Kier alpha value is -0.510. The third-order valence-corrected chi connectivity index (χ3v) is 4.08. The molecule has 2 nitrogen and oxygen atoms in total. The standard InChI is InChI=1S/C14H21NOS/c1-17-10-4-7-13(16)14-12-6-3-2-5-11(12)8-9-15-14/h2-3,5-6,13-16H,4,7-10H2,1H3. The van der Waals surface area contributed by atoms with Crippen LogP contribution in [0.15, 0.2) is 24.3 Å². The summed E-state index contributed by atoms with van der Waals surface area (Å²) in [6.07, 6.45) is 4.89. The van der Waals surface area contributed by atoms with Crippen molar-refractivity contribution >= 4 is 11.8 Å². The molecule has 1 aliphatic heterocycles. The fourth-order valence-electron chi connectivity index (χ4n) is 2.48. The second-order valence-corrected chi connectivity index (χ2v) is 5.57. The molecule has 0 aliphatic carbocycles. The highest BCUT2D eigenvalue weighted by Crippen LogP contribution is 2.27. The van der Waals surface area contributed by atoms with Gasteiger partial charge in [0.2, 0.25) is 0 Å². The topological polar surface area (TPSA) is 32.3 Å². The minimum atomic E-state index is -0.261. The second kappa shape index (κ2) is 6.43. The number of hydrogen-bond donors (Lipinski definition) is 2. The Morgan fingerprint density at radius 3 is 3.12 bits per heavy atom. The summed E-state index contributed by atoms with van der Waals surface area (Å²) in [4.78, 5) is 0. The van der Waals surface area contributed by atoms with Crippen molar-refractivity contribution in [3.05, 3.63) is 35.4 Å². The summed E-state index contributed by atoms with van der Waals surface area (Å²) in [6.45, 7) is 0.973. The van der Waals surface area contributed by atoms with Crippen molar-refractivity contribution in [2.24, 2.45) is 0 Å². The van der Waals surface area contributed by atoms with E-state index in [2.05, 4.69) is 35.8 Å². The van der Waals surface area contributed by atoms with E-state index in [1.807, 2.05) is 11.8 Å². The van der Waals surface area contributed by atoms with Crippen molar-refractivity contribution in [3.8, 4) is 0 Å². The number of aliphatic hydroxyl groups excluding tert-OH is 1. The maximum absolute atomic E-state index is 10.3. The quantitative estimate of drug-likeness (QED) is 0.788. The third-order valence-electron chi connectivity index (χ3n) is 3.38. The number of hydrogen-bond acceptors (Lipinski definition) is 3. The van der Waals surface area contributed by atoms with Crippen molar-refractivity contribution in [3.63, 3.8) is 0 Å². The van der Waals surface area contributed by atoms with Gasteiger partial charge in [-0.1, -0.05) is 24.3 Å². The zero-order chi connectivity index (χ0) is 12.1. The average Bonchev–Trinajstić information content (AvgIpc) is 2.38. The maximum Gasteiger partial charge on any atom is 0.0735 e. The van der Waals surface area contributed by atoms with Crippen LogP contribution in [0.2, 0.25) is 0 Å². The summed E-state index contributed by atoms with van der Waals surface area (Å²) < 4.78 is 0. The molecule has 1 aliphatic rings. The second-order valence-electron chi connectivity index (χ2n) is 4.58. The molecule has 0 spiro atoms. The SMILES string of the molecule is CSCCCC(O)C1NCCc2ccccc21. The van der Waals surface area contributed by atoms with Crippen LogP contribution in [0, 0.1) is 0 Å². The summed E-state index contributed by atoms with van der Waals surface area (Å²) in [5, 5.41) is 13.7. The molecule has 94 valence electrons. The molecule has 0 fully saturated rings. The first-order valence-electron chi connectivity index (χ1n) is 6.31. The van der Waals surface area contributed by atoms with Crippen LogP contribution in [0.1, 0.15) is 30.0 Å². The first-order chi connectivity index (χ1) is 8.33. The molecule has 3 heteroatoms. The molecule has 2 atom stereocenters. The van der Waals surface area contributed by atoms with Gasteiger partial charge in [0, 0.05) is 0 Å². The zero-order valence-electron chi connectivity index (χ0n) is 10.4. The van der Waals surface area contributed by atoms with Crippen LogP contribution >= 0.6 is 11.8 Å². The van der Waals surface area contributed by atoms with Crippen LogP contribution in [0.5, 0.6) is 0 Å². The lowest BCUT2D eigenvalue weighted by Gasteiger charge is -2.30. The van der Waals surface area contributed by atoms with Gasteiger partial charge in [-0.2, -0.15) is 11.8 Å². The van der Waals surface area contributed by atoms with E-state index in [9.17, 15) is 5.11 Å². The maximum atomic E-state index is 10.3. The monoisotopic (exact) mass is 251 g/mol. The Morgan fingerprint density at radius 2 is 2.29 bits per heavy atom. The van der Waals surface area contributed by atoms with Crippen LogP contribution in [-0.4, -0.2) is 29.8 Å². The highest BCUT2D eigenvalue weighted by Gasteiger charge is 2.25. The molecular formula is C14H21NOS. The number of fused-ring (bicyclic) bond motifs is 1. The van der Waals surface area contributed by atoms with Crippen LogP contribution in [-0.2, 0) is 6.42 Å². The molecule has 0 saturated heterocycles. The molecule has 2 rings (SSSR count). The van der Waals surface area contributed by atoms with Crippen molar-refractivity contribution < 1.29 is 5.11 Å². The fourth-order valence-corrected chi connectivity index (χ4v) is 2.94. The first-order valence-corrected chi connectivity index (χ1v) is 7.70. The molecule has 0 amide bonds. The van der Waals surface area contributed by atoms with Crippen LogP contribution in [0.3, 0.4) is 0 Å². The van der Waals surface area contributed by atoms with E-state index in [1.165, 1.54) is 11.1 Å². The fraction of sp³-hybridized carbons (Fsp3) is 0.571. The summed E-state index contributed by atoms with van der Waals surface area (Å²) in [7, 11) is 0. The van der Waals surface area contributed by atoms with E-state index in [4.69, 9.17) is 0 Å². The van der Waals surface area contributed by atoms with E-state index in [0.717, 1.165) is 31.6 Å². The van der Waals surface area contributed by atoms with E-state index in [-0.39, 0.29) is 12.1 Å². The van der Waals surface area contributed by atoms with Gasteiger partial charge in [0.25, 0.3) is 0 Å². The molecule has 0 bridgehead atoms. The highest BCUT2D eigenvalue weighted by atomic mass is 32.2. The number of aliphatic hydroxyl groups is 1. The van der Waals surface area contributed by atoms with Gasteiger partial charge in [0.1, 0.15) is 0 Å². The van der Waals surface area contributed by atoms with Gasteiger partial charge < -0.3 is 10.4 Å². The van der Waals surface area contributed by atoms with Gasteiger partial charge in [0.05, 0.1) is 12.1 Å². The molecule has 0 radical (unpaired) electrons. The molecule has 1 aromatic carbocycles.